The number of esters is 1. The zero-order valence-corrected chi connectivity index (χ0v) is 17.3. The zero-order valence-electron chi connectivity index (χ0n) is 16.6. The number of hydrogen-bond acceptors (Lipinski definition) is 6. The Bertz CT molecular complexity index is 1070. The average Bonchev–Trinajstić information content (AvgIpc) is 2.79. The molecule has 0 aliphatic carbocycles. The monoisotopic (exact) mass is 438 g/mol. The molecule has 0 radical (unpaired) electrons. The van der Waals surface area contributed by atoms with E-state index in [2.05, 4.69) is 10.5 Å². The van der Waals surface area contributed by atoms with Crippen LogP contribution in [0.1, 0.15) is 15.9 Å². The summed E-state index contributed by atoms with van der Waals surface area (Å²) in [5, 5.41) is 4.42. The minimum absolute atomic E-state index is 0.192. The maximum atomic E-state index is 12.2. The van der Waals surface area contributed by atoms with Crippen LogP contribution in [0.3, 0.4) is 0 Å². The Kier molecular flexibility index (Phi) is 7.61. The summed E-state index contributed by atoms with van der Waals surface area (Å²) in [7, 11) is 1.57. The molecule has 1 amide bonds. The number of rotatable bonds is 8. The van der Waals surface area contributed by atoms with Gasteiger partial charge in [0.1, 0.15) is 17.2 Å². The molecule has 7 nitrogen and oxygen atoms in total. The van der Waals surface area contributed by atoms with Gasteiger partial charge in [0.25, 0.3) is 5.91 Å². The van der Waals surface area contributed by atoms with Crippen molar-refractivity contribution >= 4 is 29.7 Å². The SMILES string of the molecule is COc1ccc(OCC(=O)NN=Cc2cccc(OC(=O)c3ccc(Cl)cc3)c2)cc1. The van der Waals surface area contributed by atoms with Crippen LogP contribution in [0, 0.1) is 0 Å². The lowest BCUT2D eigenvalue weighted by molar-refractivity contribution is -0.123. The number of hydrogen-bond donors (Lipinski definition) is 1. The van der Waals surface area contributed by atoms with Crippen LogP contribution in [0.4, 0.5) is 0 Å². The Labute approximate surface area is 184 Å². The van der Waals surface area contributed by atoms with Crippen LogP contribution in [0.2, 0.25) is 5.02 Å². The highest BCUT2D eigenvalue weighted by Gasteiger charge is 2.08. The van der Waals surface area contributed by atoms with E-state index < -0.39 is 11.9 Å². The van der Waals surface area contributed by atoms with Crippen molar-refractivity contribution in [2.24, 2.45) is 5.10 Å². The summed E-state index contributed by atoms with van der Waals surface area (Å²) in [5.41, 5.74) is 3.39. The van der Waals surface area contributed by atoms with Gasteiger partial charge < -0.3 is 14.2 Å². The molecule has 0 heterocycles. The van der Waals surface area contributed by atoms with Crippen LogP contribution in [-0.4, -0.2) is 31.8 Å². The van der Waals surface area contributed by atoms with E-state index in [9.17, 15) is 9.59 Å². The normalized spacial score (nSPS) is 10.5. The Morgan fingerprint density at radius 2 is 1.68 bits per heavy atom. The molecule has 0 aliphatic rings. The molecule has 0 saturated heterocycles. The zero-order chi connectivity index (χ0) is 22.1. The third kappa shape index (κ3) is 6.87. The van der Waals surface area contributed by atoms with Crippen molar-refractivity contribution in [3.8, 4) is 17.2 Å². The first kappa shape index (κ1) is 21.9. The topological polar surface area (TPSA) is 86.2 Å². The lowest BCUT2D eigenvalue weighted by Crippen LogP contribution is -2.24. The predicted octanol–water partition coefficient (Wildman–Crippen LogP) is 4.10. The molecule has 0 bridgehead atoms. The van der Waals surface area contributed by atoms with Gasteiger partial charge in [-0.2, -0.15) is 5.10 Å². The maximum absolute atomic E-state index is 12.2. The van der Waals surface area contributed by atoms with Crippen molar-refractivity contribution in [1.29, 1.82) is 0 Å². The third-order valence-corrected chi connectivity index (χ3v) is 4.23. The van der Waals surface area contributed by atoms with E-state index in [0.717, 1.165) is 0 Å². The van der Waals surface area contributed by atoms with Crippen molar-refractivity contribution in [1.82, 2.24) is 5.43 Å². The summed E-state index contributed by atoms with van der Waals surface area (Å²) >= 11 is 5.82. The molecule has 3 aromatic carbocycles. The van der Waals surface area contributed by atoms with Gasteiger partial charge in [-0.3, -0.25) is 4.79 Å². The fraction of sp³-hybridized carbons (Fsp3) is 0.0870. The molecule has 0 aliphatic heterocycles. The van der Waals surface area contributed by atoms with Crippen LogP contribution in [0.5, 0.6) is 17.2 Å². The van der Waals surface area contributed by atoms with Gasteiger partial charge in [0.15, 0.2) is 6.61 Å². The first-order valence-electron chi connectivity index (χ1n) is 9.20. The second kappa shape index (κ2) is 10.8. The summed E-state index contributed by atoms with van der Waals surface area (Å²) in [6.45, 7) is -0.192. The molecule has 3 rings (SSSR count). The van der Waals surface area contributed by atoms with E-state index in [1.54, 1.807) is 79.9 Å². The van der Waals surface area contributed by atoms with Crippen LogP contribution in [0.15, 0.2) is 77.9 Å². The van der Waals surface area contributed by atoms with E-state index >= 15 is 0 Å². The van der Waals surface area contributed by atoms with E-state index in [0.29, 0.717) is 33.4 Å². The number of benzene rings is 3. The lowest BCUT2D eigenvalue weighted by atomic mass is 10.2. The summed E-state index contributed by atoms with van der Waals surface area (Å²) < 4.78 is 15.8. The molecule has 0 saturated carbocycles. The Morgan fingerprint density at radius 1 is 0.968 bits per heavy atom. The number of amides is 1. The number of nitrogens with one attached hydrogen (secondary N) is 1. The minimum Gasteiger partial charge on any atom is -0.497 e. The lowest BCUT2D eigenvalue weighted by Gasteiger charge is -2.06. The highest BCUT2D eigenvalue weighted by Crippen LogP contribution is 2.17. The Hall–Kier alpha value is -3.84. The molecule has 0 aromatic heterocycles. The highest BCUT2D eigenvalue weighted by atomic mass is 35.5. The van der Waals surface area contributed by atoms with Gasteiger partial charge in [-0.05, 0) is 66.2 Å². The van der Waals surface area contributed by atoms with Gasteiger partial charge in [0, 0.05) is 5.02 Å². The van der Waals surface area contributed by atoms with Crippen LogP contribution < -0.4 is 19.6 Å². The summed E-state index contributed by atoms with van der Waals surface area (Å²) in [4.78, 5) is 24.1. The second-order valence-electron chi connectivity index (χ2n) is 6.23. The largest absolute Gasteiger partial charge is 0.497 e. The molecule has 0 fully saturated rings. The fourth-order valence-electron chi connectivity index (χ4n) is 2.44. The van der Waals surface area contributed by atoms with Crippen molar-refractivity contribution in [3.63, 3.8) is 0 Å². The van der Waals surface area contributed by atoms with E-state index in [4.69, 9.17) is 25.8 Å². The Morgan fingerprint density at radius 3 is 2.39 bits per heavy atom. The van der Waals surface area contributed by atoms with Crippen LogP contribution >= 0.6 is 11.6 Å². The molecular formula is C23H19ClN2O5. The number of halogens is 1. The van der Waals surface area contributed by atoms with Gasteiger partial charge in [0.2, 0.25) is 0 Å². The predicted molar refractivity (Wildman–Crippen MR) is 117 cm³/mol. The second-order valence-corrected chi connectivity index (χ2v) is 6.66. The number of hydrazone groups is 1. The van der Waals surface area contributed by atoms with Gasteiger partial charge in [-0.25, -0.2) is 10.2 Å². The maximum Gasteiger partial charge on any atom is 0.343 e. The van der Waals surface area contributed by atoms with E-state index in [-0.39, 0.29) is 6.61 Å². The van der Waals surface area contributed by atoms with Crippen molar-refractivity contribution in [2.75, 3.05) is 13.7 Å². The van der Waals surface area contributed by atoms with Crippen molar-refractivity contribution in [3.05, 3.63) is 88.9 Å². The minimum atomic E-state index is -0.505. The summed E-state index contributed by atoms with van der Waals surface area (Å²) in [6, 6.07) is 20.0. The smallest absolute Gasteiger partial charge is 0.343 e. The fourth-order valence-corrected chi connectivity index (χ4v) is 2.57. The molecular weight excluding hydrogens is 420 g/mol. The number of nitrogens with zero attached hydrogens (tertiary/aromatic N) is 1. The summed E-state index contributed by atoms with van der Waals surface area (Å²) in [5.74, 6) is 0.655. The molecule has 158 valence electrons. The molecule has 0 unspecified atom stereocenters. The molecule has 1 N–H and O–H groups in total. The number of carbonyl (C=O) groups excluding carboxylic acids is 2. The first-order chi connectivity index (χ1) is 15.0. The van der Waals surface area contributed by atoms with Gasteiger partial charge in [0.05, 0.1) is 18.9 Å². The van der Waals surface area contributed by atoms with Crippen LogP contribution in [0.25, 0.3) is 0 Å². The average molecular weight is 439 g/mol. The van der Waals surface area contributed by atoms with Gasteiger partial charge in [-0.1, -0.05) is 23.7 Å². The molecule has 3 aromatic rings. The summed E-state index contributed by atoms with van der Waals surface area (Å²) in [6.07, 6.45) is 1.44. The highest BCUT2D eigenvalue weighted by molar-refractivity contribution is 6.30. The van der Waals surface area contributed by atoms with E-state index in [1.807, 2.05) is 0 Å². The number of carbonyl (C=O) groups is 2. The van der Waals surface area contributed by atoms with Crippen molar-refractivity contribution in [2.45, 2.75) is 0 Å². The van der Waals surface area contributed by atoms with Crippen molar-refractivity contribution < 1.29 is 23.8 Å². The van der Waals surface area contributed by atoms with E-state index in [1.165, 1.54) is 6.21 Å². The van der Waals surface area contributed by atoms with Gasteiger partial charge >= 0.3 is 5.97 Å². The van der Waals surface area contributed by atoms with Gasteiger partial charge in [-0.15, -0.1) is 0 Å². The molecule has 0 atom stereocenters. The molecule has 0 spiro atoms. The third-order valence-electron chi connectivity index (χ3n) is 3.98. The number of ether oxygens (including phenoxy) is 3. The first-order valence-corrected chi connectivity index (χ1v) is 9.58. The molecule has 8 heteroatoms. The number of methoxy groups -OCH3 is 1. The quantitative estimate of drug-likeness (QED) is 0.248. The Balaban J connectivity index is 1.49. The standard InChI is InChI=1S/C23H19ClN2O5/c1-29-19-9-11-20(12-10-19)30-15-22(27)26-25-14-16-3-2-4-21(13-16)31-23(28)17-5-7-18(24)8-6-17/h2-14H,15H2,1H3,(H,26,27). The molecule has 31 heavy (non-hydrogen) atoms. The van der Waals surface area contributed by atoms with Crippen LogP contribution in [-0.2, 0) is 4.79 Å².